The summed E-state index contributed by atoms with van der Waals surface area (Å²) in [4.78, 5) is 17.8. The van der Waals surface area contributed by atoms with Crippen LogP contribution in [-0.4, -0.2) is 28.9 Å². The monoisotopic (exact) mass is 339 g/mol. The maximum atomic E-state index is 11.1. The minimum atomic E-state index is -0.492. The normalized spacial score (nSPS) is 15.1. The number of piperidine rings is 1. The summed E-state index contributed by atoms with van der Waals surface area (Å²) < 4.78 is 5.94. The van der Waals surface area contributed by atoms with Crippen LogP contribution in [0.5, 0.6) is 11.6 Å². The number of rotatable bonds is 5. The highest BCUT2D eigenvalue weighted by molar-refractivity contribution is 5.92. The molecule has 3 rings (SSSR count). The first-order chi connectivity index (χ1) is 12.0. The lowest BCUT2D eigenvalue weighted by molar-refractivity contribution is 0.1000. The molecule has 0 aliphatic carbocycles. The van der Waals surface area contributed by atoms with Crippen molar-refractivity contribution in [3.63, 3.8) is 0 Å². The van der Waals surface area contributed by atoms with Crippen LogP contribution in [0.15, 0.2) is 30.5 Å². The van der Waals surface area contributed by atoms with Crippen LogP contribution in [0.1, 0.15) is 46.3 Å². The minimum absolute atomic E-state index is 0.373. The first-order valence-electron chi connectivity index (χ1n) is 8.79. The molecule has 1 aromatic heterocycles. The number of aromatic nitrogens is 1. The average Bonchev–Trinajstić information content (AvgIpc) is 2.59. The molecule has 1 aromatic carbocycles. The Labute approximate surface area is 148 Å². The first kappa shape index (κ1) is 17.4. The number of ether oxygens (including phenoxy) is 1. The molecule has 5 nitrogen and oxygen atoms in total. The van der Waals surface area contributed by atoms with E-state index in [9.17, 15) is 4.79 Å². The average molecular weight is 339 g/mol. The van der Waals surface area contributed by atoms with Crippen LogP contribution in [0.4, 0.5) is 0 Å². The Kier molecular flexibility index (Phi) is 5.34. The van der Waals surface area contributed by atoms with Crippen molar-refractivity contribution in [3.8, 4) is 11.6 Å². The van der Waals surface area contributed by atoms with E-state index in [0.717, 1.165) is 23.4 Å². The number of carbonyl (C=O) groups is 1. The lowest BCUT2D eigenvalue weighted by atomic mass is 10.0. The van der Waals surface area contributed by atoms with E-state index < -0.39 is 5.91 Å². The molecule has 0 saturated carbocycles. The van der Waals surface area contributed by atoms with Crippen molar-refractivity contribution in [2.45, 2.75) is 39.7 Å². The Balaban J connectivity index is 1.74. The van der Waals surface area contributed by atoms with Gasteiger partial charge in [0, 0.05) is 18.8 Å². The Morgan fingerprint density at radius 3 is 2.40 bits per heavy atom. The van der Waals surface area contributed by atoms with E-state index in [4.69, 9.17) is 10.5 Å². The van der Waals surface area contributed by atoms with Crippen molar-refractivity contribution in [3.05, 3.63) is 52.7 Å². The van der Waals surface area contributed by atoms with E-state index in [0.29, 0.717) is 11.4 Å². The van der Waals surface area contributed by atoms with Crippen LogP contribution < -0.4 is 10.5 Å². The third-order valence-corrected chi connectivity index (χ3v) is 4.60. The van der Waals surface area contributed by atoms with Crippen LogP contribution in [0.2, 0.25) is 0 Å². The summed E-state index contributed by atoms with van der Waals surface area (Å²) in [5.74, 6) is 0.787. The molecule has 0 bridgehead atoms. The van der Waals surface area contributed by atoms with Gasteiger partial charge in [-0.3, -0.25) is 9.69 Å². The number of likely N-dealkylation sites (tertiary alicyclic amines) is 1. The molecule has 2 heterocycles. The standard InChI is InChI=1S/C20H25N3O2/c1-14-10-16(13-23-8-4-3-5-9-23)11-15(2)19(14)25-18-7-6-17(12-22-18)20(21)24/h6-7,10-12H,3-5,8-9,13H2,1-2H3,(H2,21,24). The molecule has 1 aliphatic heterocycles. The molecule has 0 radical (unpaired) electrons. The number of aryl methyl sites for hydroxylation is 2. The van der Waals surface area contributed by atoms with Crippen LogP contribution in [0.3, 0.4) is 0 Å². The maximum absolute atomic E-state index is 11.1. The van der Waals surface area contributed by atoms with Gasteiger partial charge in [0.2, 0.25) is 11.8 Å². The number of primary amides is 1. The predicted molar refractivity (Wildman–Crippen MR) is 97.9 cm³/mol. The topological polar surface area (TPSA) is 68.5 Å². The number of benzene rings is 1. The van der Waals surface area contributed by atoms with Crippen LogP contribution in [0, 0.1) is 13.8 Å². The molecule has 1 amide bonds. The third kappa shape index (κ3) is 4.37. The van der Waals surface area contributed by atoms with Crippen molar-refractivity contribution in [1.82, 2.24) is 9.88 Å². The van der Waals surface area contributed by atoms with Gasteiger partial charge in [0.15, 0.2) is 0 Å². The number of nitrogens with zero attached hydrogens (tertiary/aromatic N) is 2. The second kappa shape index (κ2) is 7.66. The zero-order valence-electron chi connectivity index (χ0n) is 14.9. The highest BCUT2D eigenvalue weighted by Crippen LogP contribution is 2.29. The maximum Gasteiger partial charge on any atom is 0.250 e. The fourth-order valence-electron chi connectivity index (χ4n) is 3.36. The molecule has 25 heavy (non-hydrogen) atoms. The summed E-state index contributed by atoms with van der Waals surface area (Å²) in [5.41, 5.74) is 9.11. The molecule has 0 atom stereocenters. The smallest absolute Gasteiger partial charge is 0.250 e. The van der Waals surface area contributed by atoms with E-state index in [1.807, 2.05) is 0 Å². The highest BCUT2D eigenvalue weighted by Gasteiger charge is 2.13. The Morgan fingerprint density at radius 2 is 1.84 bits per heavy atom. The minimum Gasteiger partial charge on any atom is -0.438 e. The largest absolute Gasteiger partial charge is 0.438 e. The van der Waals surface area contributed by atoms with Gasteiger partial charge < -0.3 is 10.5 Å². The molecule has 1 aliphatic rings. The summed E-state index contributed by atoms with van der Waals surface area (Å²) >= 11 is 0. The summed E-state index contributed by atoms with van der Waals surface area (Å²) in [6.07, 6.45) is 5.38. The van der Waals surface area contributed by atoms with Crippen molar-refractivity contribution < 1.29 is 9.53 Å². The third-order valence-electron chi connectivity index (χ3n) is 4.60. The van der Waals surface area contributed by atoms with Gasteiger partial charge in [0.25, 0.3) is 0 Å². The van der Waals surface area contributed by atoms with Crippen molar-refractivity contribution >= 4 is 5.91 Å². The zero-order chi connectivity index (χ0) is 17.8. The van der Waals surface area contributed by atoms with Crippen LogP contribution >= 0.6 is 0 Å². The molecule has 2 aromatic rings. The van der Waals surface area contributed by atoms with Crippen molar-refractivity contribution in [2.24, 2.45) is 5.73 Å². The highest BCUT2D eigenvalue weighted by atomic mass is 16.5. The lowest BCUT2D eigenvalue weighted by Crippen LogP contribution is -2.29. The van der Waals surface area contributed by atoms with Gasteiger partial charge in [-0.15, -0.1) is 0 Å². The summed E-state index contributed by atoms with van der Waals surface area (Å²) in [6.45, 7) is 7.48. The molecule has 5 heteroatoms. The van der Waals surface area contributed by atoms with Gasteiger partial charge in [-0.25, -0.2) is 4.98 Å². The van der Waals surface area contributed by atoms with E-state index in [-0.39, 0.29) is 0 Å². The van der Waals surface area contributed by atoms with Crippen molar-refractivity contribution in [2.75, 3.05) is 13.1 Å². The molecule has 132 valence electrons. The zero-order valence-corrected chi connectivity index (χ0v) is 14.9. The number of amides is 1. The Hall–Kier alpha value is -2.40. The van der Waals surface area contributed by atoms with E-state index in [1.54, 1.807) is 12.1 Å². The number of pyridine rings is 1. The molecule has 1 fully saturated rings. The van der Waals surface area contributed by atoms with Gasteiger partial charge >= 0.3 is 0 Å². The van der Waals surface area contributed by atoms with Gasteiger partial charge in [-0.1, -0.05) is 18.6 Å². The number of nitrogens with two attached hydrogens (primary N) is 1. The van der Waals surface area contributed by atoms with Gasteiger partial charge in [0.1, 0.15) is 5.75 Å². The second-order valence-corrected chi connectivity index (χ2v) is 6.75. The summed E-state index contributed by atoms with van der Waals surface area (Å²) in [6, 6.07) is 7.67. The predicted octanol–water partition coefficient (Wildman–Crippen LogP) is 3.58. The summed E-state index contributed by atoms with van der Waals surface area (Å²) in [5, 5.41) is 0. The van der Waals surface area contributed by atoms with Crippen LogP contribution in [0.25, 0.3) is 0 Å². The first-order valence-corrected chi connectivity index (χ1v) is 8.79. The molecule has 1 saturated heterocycles. The SMILES string of the molecule is Cc1cc(CN2CCCCC2)cc(C)c1Oc1ccc(C(N)=O)cn1. The molecule has 0 spiro atoms. The quantitative estimate of drug-likeness (QED) is 0.904. The molecular formula is C20H25N3O2. The van der Waals surface area contributed by atoms with Gasteiger partial charge in [-0.05, 0) is 62.5 Å². The summed E-state index contributed by atoms with van der Waals surface area (Å²) in [7, 11) is 0. The number of hydrogen-bond donors (Lipinski definition) is 1. The Bertz CT molecular complexity index is 727. The molecule has 2 N–H and O–H groups in total. The van der Waals surface area contributed by atoms with E-state index >= 15 is 0 Å². The Morgan fingerprint density at radius 1 is 1.16 bits per heavy atom. The molecule has 0 unspecified atom stereocenters. The second-order valence-electron chi connectivity index (χ2n) is 6.75. The van der Waals surface area contributed by atoms with E-state index in [1.165, 1.54) is 44.1 Å². The number of hydrogen-bond acceptors (Lipinski definition) is 4. The number of carbonyl (C=O) groups excluding carboxylic acids is 1. The van der Waals surface area contributed by atoms with Gasteiger partial charge in [-0.2, -0.15) is 0 Å². The molecular weight excluding hydrogens is 314 g/mol. The van der Waals surface area contributed by atoms with Crippen molar-refractivity contribution in [1.29, 1.82) is 0 Å². The fourth-order valence-corrected chi connectivity index (χ4v) is 3.36. The fraction of sp³-hybridized carbons (Fsp3) is 0.400. The van der Waals surface area contributed by atoms with Crippen LogP contribution in [-0.2, 0) is 6.54 Å². The lowest BCUT2D eigenvalue weighted by Gasteiger charge is -2.27. The van der Waals surface area contributed by atoms with E-state index in [2.05, 4.69) is 35.9 Å². The van der Waals surface area contributed by atoms with Gasteiger partial charge in [0.05, 0.1) is 5.56 Å².